The molecule has 1 unspecified atom stereocenters. The molecular formula is C18H28F2N4O. The van der Waals surface area contributed by atoms with Crippen LogP contribution in [0.1, 0.15) is 25.3 Å². The van der Waals surface area contributed by atoms with Crippen LogP contribution in [-0.4, -0.2) is 50.7 Å². The lowest BCUT2D eigenvalue weighted by molar-refractivity contribution is -0.0504. The maximum Gasteiger partial charge on any atom is 0.387 e. The zero-order valence-electron chi connectivity index (χ0n) is 15.0. The first-order valence-electron chi connectivity index (χ1n) is 8.78. The van der Waals surface area contributed by atoms with Crippen molar-refractivity contribution in [3.05, 3.63) is 29.8 Å². The zero-order chi connectivity index (χ0) is 18.1. The minimum Gasteiger partial charge on any atom is -0.434 e. The van der Waals surface area contributed by atoms with Gasteiger partial charge in [0.25, 0.3) is 0 Å². The van der Waals surface area contributed by atoms with E-state index < -0.39 is 6.61 Å². The molecule has 0 aliphatic carbocycles. The number of nitrogens with one attached hydrogen (secondary N) is 2. The maximum absolute atomic E-state index is 12.5. The molecule has 2 rings (SSSR count). The molecule has 0 saturated carbocycles. The number of hydrogen-bond donors (Lipinski definition) is 2. The molecular weight excluding hydrogens is 326 g/mol. The highest BCUT2D eigenvalue weighted by atomic mass is 19.3. The van der Waals surface area contributed by atoms with E-state index in [2.05, 4.69) is 32.2 Å². The van der Waals surface area contributed by atoms with Crippen molar-refractivity contribution in [2.75, 3.05) is 33.2 Å². The highest BCUT2D eigenvalue weighted by Crippen LogP contribution is 2.19. The molecule has 1 fully saturated rings. The number of aliphatic imine (C=N–C) groups is 1. The van der Waals surface area contributed by atoms with Gasteiger partial charge < -0.3 is 20.3 Å². The van der Waals surface area contributed by atoms with Crippen LogP contribution in [0.2, 0.25) is 0 Å². The van der Waals surface area contributed by atoms with Gasteiger partial charge in [-0.15, -0.1) is 0 Å². The lowest BCUT2D eigenvalue weighted by atomic mass is 10.1. The Hall–Kier alpha value is -1.89. The summed E-state index contributed by atoms with van der Waals surface area (Å²) >= 11 is 0. The Morgan fingerprint density at radius 3 is 2.64 bits per heavy atom. The summed E-state index contributed by atoms with van der Waals surface area (Å²) in [5, 5.41) is 6.45. The Kier molecular flexibility index (Phi) is 7.91. The summed E-state index contributed by atoms with van der Waals surface area (Å²) < 4.78 is 29.5. The van der Waals surface area contributed by atoms with Crippen LogP contribution < -0.4 is 15.4 Å². The molecule has 1 heterocycles. The topological polar surface area (TPSA) is 48.9 Å². The SMILES string of the molecule is CN=C(NCc1ccccc1OC(F)F)NCC(C)CN1CCCC1. The molecule has 0 spiro atoms. The largest absolute Gasteiger partial charge is 0.434 e. The van der Waals surface area contributed by atoms with Crippen LogP contribution in [0.5, 0.6) is 5.75 Å². The molecule has 0 aromatic heterocycles. The number of rotatable bonds is 8. The molecule has 25 heavy (non-hydrogen) atoms. The van der Waals surface area contributed by atoms with Crippen molar-refractivity contribution in [1.29, 1.82) is 0 Å². The number of hydrogen-bond acceptors (Lipinski definition) is 3. The molecule has 0 bridgehead atoms. The molecule has 140 valence electrons. The maximum atomic E-state index is 12.5. The fourth-order valence-electron chi connectivity index (χ4n) is 3.00. The van der Waals surface area contributed by atoms with E-state index in [-0.39, 0.29) is 5.75 Å². The first kappa shape index (κ1) is 19.4. The summed E-state index contributed by atoms with van der Waals surface area (Å²) in [5.74, 6) is 1.34. The van der Waals surface area contributed by atoms with Gasteiger partial charge in [-0.05, 0) is 37.9 Å². The third kappa shape index (κ3) is 6.86. The van der Waals surface area contributed by atoms with E-state index in [9.17, 15) is 8.78 Å². The van der Waals surface area contributed by atoms with E-state index in [0.717, 1.165) is 13.1 Å². The molecule has 5 nitrogen and oxygen atoms in total. The van der Waals surface area contributed by atoms with Gasteiger partial charge in [0.05, 0.1) is 0 Å². The van der Waals surface area contributed by atoms with Gasteiger partial charge in [-0.1, -0.05) is 25.1 Å². The van der Waals surface area contributed by atoms with Crippen LogP contribution in [0.3, 0.4) is 0 Å². The Morgan fingerprint density at radius 2 is 1.96 bits per heavy atom. The van der Waals surface area contributed by atoms with Gasteiger partial charge in [-0.3, -0.25) is 4.99 Å². The van der Waals surface area contributed by atoms with Crippen molar-refractivity contribution in [3.8, 4) is 5.75 Å². The summed E-state index contributed by atoms with van der Waals surface area (Å²) in [4.78, 5) is 6.68. The van der Waals surface area contributed by atoms with E-state index in [1.807, 2.05) is 0 Å². The molecule has 1 saturated heterocycles. The molecule has 1 aliphatic heterocycles. The van der Waals surface area contributed by atoms with Crippen LogP contribution in [0.4, 0.5) is 8.78 Å². The van der Waals surface area contributed by atoms with E-state index in [1.165, 1.54) is 32.0 Å². The fourth-order valence-corrected chi connectivity index (χ4v) is 3.00. The lowest BCUT2D eigenvalue weighted by Crippen LogP contribution is -2.41. The minimum absolute atomic E-state index is 0.183. The number of para-hydroxylation sites is 1. The third-order valence-corrected chi connectivity index (χ3v) is 4.25. The first-order chi connectivity index (χ1) is 12.1. The summed E-state index contributed by atoms with van der Waals surface area (Å²) in [7, 11) is 1.70. The number of halogens is 2. The number of guanidine groups is 1. The Morgan fingerprint density at radius 1 is 1.24 bits per heavy atom. The van der Waals surface area contributed by atoms with E-state index >= 15 is 0 Å². The highest BCUT2D eigenvalue weighted by molar-refractivity contribution is 5.79. The minimum atomic E-state index is -2.83. The van der Waals surface area contributed by atoms with Crippen LogP contribution in [0, 0.1) is 5.92 Å². The summed E-state index contributed by atoms with van der Waals surface area (Å²) in [6.45, 7) is 4.02. The molecule has 0 amide bonds. The van der Waals surface area contributed by atoms with Crippen molar-refractivity contribution in [2.45, 2.75) is 32.9 Å². The molecule has 1 aromatic carbocycles. The Bertz CT molecular complexity index is 548. The fraction of sp³-hybridized carbons (Fsp3) is 0.611. The second kappa shape index (κ2) is 10.2. The number of alkyl halides is 2. The van der Waals surface area contributed by atoms with Crippen molar-refractivity contribution in [2.24, 2.45) is 10.9 Å². The molecule has 1 aliphatic rings. The van der Waals surface area contributed by atoms with Gasteiger partial charge in [0.15, 0.2) is 5.96 Å². The van der Waals surface area contributed by atoms with Crippen molar-refractivity contribution >= 4 is 5.96 Å². The lowest BCUT2D eigenvalue weighted by Gasteiger charge is -2.21. The summed E-state index contributed by atoms with van der Waals surface area (Å²) in [6.07, 6.45) is 2.59. The number of benzene rings is 1. The Labute approximate surface area is 148 Å². The second-order valence-corrected chi connectivity index (χ2v) is 6.41. The quantitative estimate of drug-likeness (QED) is 0.557. The van der Waals surface area contributed by atoms with E-state index in [4.69, 9.17) is 0 Å². The van der Waals surface area contributed by atoms with Gasteiger partial charge in [-0.25, -0.2) is 0 Å². The van der Waals surface area contributed by atoms with Crippen molar-refractivity contribution in [1.82, 2.24) is 15.5 Å². The van der Waals surface area contributed by atoms with E-state index in [1.54, 1.807) is 25.2 Å². The van der Waals surface area contributed by atoms with Crippen LogP contribution in [-0.2, 0) is 6.54 Å². The highest BCUT2D eigenvalue weighted by Gasteiger charge is 2.15. The predicted octanol–water partition coefficient (Wildman–Crippen LogP) is 2.68. The molecule has 1 atom stereocenters. The molecule has 0 radical (unpaired) electrons. The first-order valence-corrected chi connectivity index (χ1v) is 8.78. The summed E-state index contributed by atoms with van der Waals surface area (Å²) in [6, 6.07) is 6.77. The van der Waals surface area contributed by atoms with Crippen LogP contribution in [0.25, 0.3) is 0 Å². The molecule has 2 N–H and O–H groups in total. The second-order valence-electron chi connectivity index (χ2n) is 6.41. The Balaban J connectivity index is 1.78. The third-order valence-electron chi connectivity index (χ3n) is 4.25. The van der Waals surface area contributed by atoms with Gasteiger partial charge in [-0.2, -0.15) is 8.78 Å². The smallest absolute Gasteiger partial charge is 0.387 e. The van der Waals surface area contributed by atoms with Gasteiger partial charge in [0.1, 0.15) is 5.75 Å². The monoisotopic (exact) mass is 354 g/mol. The normalized spacial score (nSPS) is 16.9. The van der Waals surface area contributed by atoms with Crippen molar-refractivity contribution < 1.29 is 13.5 Å². The predicted molar refractivity (Wildman–Crippen MR) is 96.1 cm³/mol. The standard InChI is InChI=1S/C18H28F2N4O/c1-14(13-24-9-5-6-10-24)11-22-18(21-2)23-12-15-7-3-4-8-16(15)25-17(19)20/h3-4,7-8,14,17H,5-6,9-13H2,1-2H3,(H2,21,22,23). The summed E-state index contributed by atoms with van der Waals surface area (Å²) in [5.41, 5.74) is 0.663. The van der Waals surface area contributed by atoms with Crippen molar-refractivity contribution in [3.63, 3.8) is 0 Å². The average molecular weight is 354 g/mol. The zero-order valence-corrected chi connectivity index (χ0v) is 15.0. The average Bonchev–Trinajstić information content (AvgIpc) is 3.08. The number of ether oxygens (including phenoxy) is 1. The molecule has 7 heteroatoms. The van der Waals surface area contributed by atoms with Gasteiger partial charge in [0, 0.05) is 32.2 Å². The van der Waals surface area contributed by atoms with Crippen LogP contribution >= 0.6 is 0 Å². The van der Waals surface area contributed by atoms with Gasteiger partial charge in [0.2, 0.25) is 0 Å². The number of likely N-dealkylation sites (tertiary alicyclic amines) is 1. The van der Waals surface area contributed by atoms with Crippen LogP contribution in [0.15, 0.2) is 29.3 Å². The van der Waals surface area contributed by atoms with Gasteiger partial charge >= 0.3 is 6.61 Å². The number of nitrogens with zero attached hydrogens (tertiary/aromatic N) is 2. The van der Waals surface area contributed by atoms with E-state index in [0.29, 0.717) is 24.0 Å². The molecule has 1 aromatic rings.